The first-order valence-electron chi connectivity index (χ1n) is 22.7. The molecule has 8 nitrogen and oxygen atoms in total. The van der Waals surface area contributed by atoms with E-state index in [2.05, 4.69) is 62.5 Å². The predicted molar refractivity (Wildman–Crippen MR) is 234 cm³/mol. The van der Waals surface area contributed by atoms with Gasteiger partial charge in [-0.2, -0.15) is 0 Å². The molecule has 0 heterocycles. The van der Waals surface area contributed by atoms with Crippen LogP contribution in [-0.4, -0.2) is 80.6 Å². The molecule has 0 aliphatic carbocycles. The number of carboxylic acid groups (broad SMARTS) is 1. The summed E-state index contributed by atoms with van der Waals surface area (Å²) >= 11 is 0. The van der Waals surface area contributed by atoms with E-state index in [9.17, 15) is 19.5 Å². The summed E-state index contributed by atoms with van der Waals surface area (Å²) in [5, 5.41) is 9.61. The van der Waals surface area contributed by atoms with Crippen LogP contribution in [0, 0.1) is 0 Å². The first-order chi connectivity index (χ1) is 27.1. The second kappa shape index (κ2) is 39.1. The minimum atomic E-state index is -0.879. The SMILES string of the molecule is CC/C=C/C/C=C/CCCCCCCC(=O)OC(COCCC(C(=O)O)[N+](C)(C)C)COC(=O)CCCCCCCCCCCC/C=C/C=C/CCCCCC. The lowest BCUT2D eigenvalue weighted by atomic mass is 10.1. The molecule has 2 unspecified atom stereocenters. The number of carbonyl (C=O) groups excluding carboxylic acids is 2. The summed E-state index contributed by atoms with van der Waals surface area (Å²) in [7, 11) is 5.52. The summed E-state index contributed by atoms with van der Waals surface area (Å²) < 4.78 is 17.3. The molecule has 0 saturated heterocycles. The van der Waals surface area contributed by atoms with Crippen LogP contribution in [-0.2, 0) is 28.6 Å². The Morgan fingerprint density at radius 1 is 0.571 bits per heavy atom. The summed E-state index contributed by atoms with van der Waals surface area (Å²) in [5.74, 6) is -1.49. The summed E-state index contributed by atoms with van der Waals surface area (Å²) in [6, 6.07) is -0.618. The Balaban J connectivity index is 4.28. The number of esters is 2. The summed E-state index contributed by atoms with van der Waals surface area (Å²) in [4.78, 5) is 37.0. The molecule has 0 saturated carbocycles. The topological polar surface area (TPSA) is 99.1 Å². The molecule has 0 spiro atoms. The van der Waals surface area contributed by atoms with Crippen molar-refractivity contribution in [2.45, 2.75) is 199 Å². The van der Waals surface area contributed by atoms with Gasteiger partial charge in [-0.3, -0.25) is 9.59 Å². The van der Waals surface area contributed by atoms with Gasteiger partial charge in [-0.15, -0.1) is 0 Å². The second-order valence-electron chi connectivity index (χ2n) is 16.3. The normalized spacial score (nSPS) is 13.4. The Kier molecular flexibility index (Phi) is 37.2. The number of ether oxygens (including phenoxy) is 3. The molecular formula is C48H86NO7+. The van der Waals surface area contributed by atoms with E-state index in [0.29, 0.717) is 19.3 Å². The third-order valence-corrected chi connectivity index (χ3v) is 9.99. The van der Waals surface area contributed by atoms with E-state index < -0.39 is 18.1 Å². The van der Waals surface area contributed by atoms with Crippen molar-refractivity contribution in [3.8, 4) is 0 Å². The fraction of sp³-hybridized carbons (Fsp3) is 0.771. The molecule has 0 fully saturated rings. The number of likely N-dealkylation sites (N-methyl/N-ethyl adjacent to an activating group) is 1. The van der Waals surface area contributed by atoms with Gasteiger partial charge < -0.3 is 23.8 Å². The lowest BCUT2D eigenvalue weighted by Crippen LogP contribution is -2.50. The van der Waals surface area contributed by atoms with Gasteiger partial charge in [0.25, 0.3) is 0 Å². The van der Waals surface area contributed by atoms with E-state index in [-0.39, 0.29) is 36.2 Å². The van der Waals surface area contributed by atoms with Gasteiger partial charge in [-0.05, 0) is 64.2 Å². The highest BCUT2D eigenvalue weighted by molar-refractivity contribution is 5.72. The number of carbonyl (C=O) groups is 3. The zero-order valence-electron chi connectivity index (χ0n) is 36.8. The molecule has 56 heavy (non-hydrogen) atoms. The minimum absolute atomic E-state index is 0.0538. The van der Waals surface area contributed by atoms with Gasteiger partial charge in [0, 0.05) is 19.3 Å². The van der Waals surface area contributed by atoms with Crippen LogP contribution in [0.3, 0.4) is 0 Å². The molecule has 0 aliphatic heterocycles. The molecule has 0 amide bonds. The van der Waals surface area contributed by atoms with Crippen molar-refractivity contribution in [1.29, 1.82) is 0 Å². The van der Waals surface area contributed by atoms with E-state index in [4.69, 9.17) is 14.2 Å². The highest BCUT2D eigenvalue weighted by Crippen LogP contribution is 2.14. The zero-order chi connectivity index (χ0) is 41.4. The first-order valence-corrected chi connectivity index (χ1v) is 22.7. The zero-order valence-corrected chi connectivity index (χ0v) is 36.8. The van der Waals surface area contributed by atoms with Gasteiger partial charge in [0.15, 0.2) is 12.1 Å². The number of allylic oxidation sites excluding steroid dienone is 8. The monoisotopic (exact) mass is 789 g/mol. The fourth-order valence-electron chi connectivity index (χ4n) is 6.47. The van der Waals surface area contributed by atoms with Crippen molar-refractivity contribution in [2.24, 2.45) is 0 Å². The maximum Gasteiger partial charge on any atom is 0.362 e. The summed E-state index contributed by atoms with van der Waals surface area (Å²) in [6.07, 6.45) is 45.8. The van der Waals surface area contributed by atoms with Crippen molar-refractivity contribution in [1.82, 2.24) is 0 Å². The Bertz CT molecular complexity index is 1060. The van der Waals surface area contributed by atoms with E-state index in [1.807, 2.05) is 21.1 Å². The molecular weight excluding hydrogens is 703 g/mol. The number of hydrogen-bond donors (Lipinski definition) is 1. The van der Waals surface area contributed by atoms with Crippen LogP contribution in [0.2, 0.25) is 0 Å². The molecule has 0 rings (SSSR count). The molecule has 0 radical (unpaired) electrons. The third kappa shape index (κ3) is 36.9. The molecule has 0 aromatic carbocycles. The van der Waals surface area contributed by atoms with Gasteiger partial charge in [0.2, 0.25) is 0 Å². The fourth-order valence-corrected chi connectivity index (χ4v) is 6.47. The molecule has 0 bridgehead atoms. The molecule has 2 atom stereocenters. The Labute approximate surface area is 344 Å². The van der Waals surface area contributed by atoms with Crippen LogP contribution < -0.4 is 0 Å². The third-order valence-electron chi connectivity index (χ3n) is 9.99. The van der Waals surface area contributed by atoms with E-state index >= 15 is 0 Å². The maximum absolute atomic E-state index is 12.7. The lowest BCUT2D eigenvalue weighted by molar-refractivity contribution is -0.887. The summed E-state index contributed by atoms with van der Waals surface area (Å²) in [6.45, 7) is 4.59. The number of carboxylic acids is 1. The maximum atomic E-state index is 12.7. The lowest BCUT2D eigenvalue weighted by Gasteiger charge is -2.31. The van der Waals surface area contributed by atoms with Gasteiger partial charge in [0.05, 0.1) is 34.4 Å². The second-order valence-corrected chi connectivity index (χ2v) is 16.3. The molecule has 1 N–H and O–H groups in total. The molecule has 8 heteroatoms. The van der Waals surface area contributed by atoms with Crippen LogP contribution >= 0.6 is 0 Å². The van der Waals surface area contributed by atoms with Crippen LogP contribution in [0.1, 0.15) is 187 Å². The van der Waals surface area contributed by atoms with Gasteiger partial charge >= 0.3 is 17.9 Å². The summed E-state index contributed by atoms with van der Waals surface area (Å²) in [5.41, 5.74) is 0. The smallest absolute Gasteiger partial charge is 0.362 e. The van der Waals surface area contributed by atoms with Crippen molar-refractivity contribution < 1.29 is 38.2 Å². The largest absolute Gasteiger partial charge is 0.477 e. The van der Waals surface area contributed by atoms with Crippen molar-refractivity contribution in [3.05, 3.63) is 48.6 Å². The molecule has 0 aliphatic rings. The number of nitrogens with zero attached hydrogens (tertiary/aromatic N) is 1. The quantitative estimate of drug-likeness (QED) is 0.0217. The highest BCUT2D eigenvalue weighted by atomic mass is 16.6. The average Bonchev–Trinajstić information content (AvgIpc) is 3.15. The molecule has 324 valence electrons. The standard InChI is InChI=1S/C48H85NO7/c1-6-8-10-12-14-16-18-20-21-22-23-24-25-26-27-29-30-32-34-36-38-46(50)55-43-44(42-54-41-40-45(48(52)53)49(3,4)5)56-47(51)39-37-35-33-31-28-19-17-15-13-11-9-7-2/h9,11,15-18,20-21,44-45H,6-8,10,12-14,19,22-43H2,1-5H3/p+1/b11-9+,17-15+,18-16+,21-20+. The average molecular weight is 789 g/mol. The van der Waals surface area contributed by atoms with Crippen molar-refractivity contribution in [3.63, 3.8) is 0 Å². The number of aliphatic carboxylic acids is 1. The van der Waals surface area contributed by atoms with Crippen LogP contribution in [0.25, 0.3) is 0 Å². The van der Waals surface area contributed by atoms with Crippen LogP contribution in [0.15, 0.2) is 48.6 Å². The minimum Gasteiger partial charge on any atom is -0.477 e. The Morgan fingerprint density at radius 3 is 1.57 bits per heavy atom. The first kappa shape index (κ1) is 53.3. The number of rotatable bonds is 40. The number of hydrogen-bond acceptors (Lipinski definition) is 6. The Hall–Kier alpha value is -2.71. The van der Waals surface area contributed by atoms with Crippen LogP contribution in [0.5, 0.6) is 0 Å². The Morgan fingerprint density at radius 2 is 1.05 bits per heavy atom. The highest BCUT2D eigenvalue weighted by Gasteiger charge is 2.31. The van der Waals surface area contributed by atoms with E-state index in [1.165, 1.54) is 83.5 Å². The van der Waals surface area contributed by atoms with Crippen molar-refractivity contribution in [2.75, 3.05) is 41.0 Å². The number of unbranched alkanes of at least 4 members (excludes halogenated alkanes) is 19. The molecule has 0 aromatic rings. The van der Waals surface area contributed by atoms with Gasteiger partial charge in [-0.25, -0.2) is 4.79 Å². The predicted octanol–water partition coefficient (Wildman–Crippen LogP) is 12.4. The van der Waals surface area contributed by atoms with Gasteiger partial charge in [0.1, 0.15) is 6.61 Å². The van der Waals surface area contributed by atoms with E-state index in [0.717, 1.165) is 70.6 Å². The van der Waals surface area contributed by atoms with Crippen LogP contribution in [0.4, 0.5) is 0 Å². The number of quaternary nitrogens is 1. The van der Waals surface area contributed by atoms with Crippen molar-refractivity contribution >= 4 is 17.9 Å². The van der Waals surface area contributed by atoms with Gasteiger partial charge in [-0.1, -0.05) is 152 Å². The van der Waals surface area contributed by atoms with E-state index in [1.54, 1.807) is 0 Å². The molecule has 0 aromatic heterocycles.